The summed E-state index contributed by atoms with van der Waals surface area (Å²) < 4.78 is 41.5. The van der Waals surface area contributed by atoms with Crippen molar-refractivity contribution in [2.45, 2.75) is 30.4 Å². The summed E-state index contributed by atoms with van der Waals surface area (Å²) in [6, 6.07) is 36.4. The van der Waals surface area contributed by atoms with Crippen molar-refractivity contribution >= 4 is 52.9 Å². The first-order valence-electron chi connectivity index (χ1n) is 13.3. The summed E-state index contributed by atoms with van der Waals surface area (Å²) in [6.07, 6.45) is 0. The molecule has 43 heavy (non-hydrogen) atoms. The number of carbonyl (C=O) groups is 2. The fourth-order valence-corrected chi connectivity index (χ4v) is 8.21. The Morgan fingerprint density at radius 1 is 0.674 bits per heavy atom. The summed E-state index contributed by atoms with van der Waals surface area (Å²) in [4.78, 5) is 22.5. The van der Waals surface area contributed by atoms with Crippen molar-refractivity contribution in [3.63, 3.8) is 0 Å². The first-order valence-corrected chi connectivity index (χ1v) is 17.0. The number of esters is 2. The monoisotopic (exact) mass is 658 g/mol. The van der Waals surface area contributed by atoms with Gasteiger partial charge in [0.25, 0.3) is 10.1 Å². The number of carbonyl (C=O) groups excluding carboxylic acids is 2. The maximum atomic E-state index is 11.3. The molecule has 0 aromatic heterocycles. The van der Waals surface area contributed by atoms with Crippen LogP contribution in [0.5, 0.6) is 11.5 Å². The van der Waals surface area contributed by atoms with Crippen LogP contribution in [0.15, 0.2) is 120 Å². The van der Waals surface area contributed by atoms with E-state index in [1.807, 2.05) is 55.5 Å². The third kappa shape index (κ3) is 9.13. The molecule has 0 amide bonds. The van der Waals surface area contributed by atoms with Crippen LogP contribution in [0.3, 0.4) is 0 Å². The molecule has 5 aromatic carbocycles. The van der Waals surface area contributed by atoms with Gasteiger partial charge in [0.15, 0.2) is 0 Å². The van der Waals surface area contributed by atoms with Crippen molar-refractivity contribution in [3.05, 3.63) is 132 Å². The number of fused-ring (bicyclic) bond motifs is 1. The van der Waals surface area contributed by atoms with E-state index < -0.39 is 25.9 Å². The molecule has 0 spiro atoms. The van der Waals surface area contributed by atoms with Crippen LogP contribution in [0.1, 0.15) is 35.2 Å². The van der Waals surface area contributed by atoms with Crippen LogP contribution in [0.25, 0.3) is 10.8 Å². The molecule has 1 unspecified atom stereocenters. The molecule has 0 aliphatic heterocycles. The van der Waals surface area contributed by atoms with E-state index in [4.69, 9.17) is 14.0 Å². The molecular formula is C34H31AsO7S. The van der Waals surface area contributed by atoms with Crippen molar-refractivity contribution in [1.82, 2.24) is 0 Å². The Bertz CT molecular complexity index is 1750. The van der Waals surface area contributed by atoms with Crippen molar-refractivity contribution in [3.8, 4) is 11.5 Å². The second-order valence-electron chi connectivity index (χ2n) is 9.72. The molecule has 0 fully saturated rings. The predicted molar refractivity (Wildman–Crippen MR) is 169 cm³/mol. The largest absolute Gasteiger partial charge is 0.294 e. The van der Waals surface area contributed by atoms with Crippen LogP contribution >= 0.6 is 0 Å². The third-order valence-electron chi connectivity index (χ3n) is 6.36. The van der Waals surface area contributed by atoms with E-state index in [0.29, 0.717) is 11.5 Å². The molecule has 9 heteroatoms. The summed E-state index contributed by atoms with van der Waals surface area (Å²) >= 11 is -0.641. The van der Waals surface area contributed by atoms with E-state index in [0.717, 1.165) is 16.7 Å². The van der Waals surface area contributed by atoms with Crippen molar-refractivity contribution in [2.24, 2.45) is 0 Å². The predicted octanol–water partition coefficient (Wildman–Crippen LogP) is 5.78. The zero-order chi connectivity index (χ0) is 31.0. The average molecular weight is 659 g/mol. The van der Waals surface area contributed by atoms with Gasteiger partial charge in [0.1, 0.15) is 0 Å². The number of hydrogen-bond acceptors (Lipinski definition) is 6. The molecule has 5 aromatic rings. The minimum Gasteiger partial charge on any atom is -0.282 e. The minimum atomic E-state index is -4.02. The quantitative estimate of drug-likeness (QED) is 0.102. The maximum Gasteiger partial charge on any atom is 0.294 e. The van der Waals surface area contributed by atoms with Crippen LogP contribution in [0.2, 0.25) is 0 Å². The van der Waals surface area contributed by atoms with Crippen LogP contribution in [0, 0.1) is 6.92 Å². The molecule has 0 heterocycles. The van der Waals surface area contributed by atoms with E-state index >= 15 is 0 Å². The fourth-order valence-electron chi connectivity index (χ4n) is 4.36. The van der Waals surface area contributed by atoms with E-state index in [1.54, 1.807) is 12.1 Å². The Kier molecular flexibility index (Phi) is 10.5. The normalized spacial score (nSPS) is 11.3. The average Bonchev–Trinajstić information content (AvgIpc) is 2.96. The van der Waals surface area contributed by atoms with Crippen molar-refractivity contribution in [2.75, 3.05) is 0 Å². The SMILES string of the molecule is CC(=O)Oc1ccc(C([AsH]c2cccc3ccccc23)c2ccc(OC(C)=O)cc2)cc1.Cc1ccc(S(=O)(=O)O)cc1. The zero-order valence-corrected chi connectivity index (χ0v) is 26.8. The minimum absolute atomic E-state index is 0.0666. The number of rotatable bonds is 7. The number of benzene rings is 5. The number of ether oxygens (including phenoxy) is 2. The van der Waals surface area contributed by atoms with E-state index in [1.165, 1.54) is 41.1 Å². The van der Waals surface area contributed by atoms with Crippen molar-refractivity contribution < 1.29 is 32.0 Å². The van der Waals surface area contributed by atoms with Crippen LogP contribution < -0.4 is 13.8 Å². The summed E-state index contributed by atoms with van der Waals surface area (Å²) in [6.45, 7) is 4.63. The number of aryl methyl sites for hydroxylation is 1. The summed E-state index contributed by atoms with van der Waals surface area (Å²) in [5.74, 6) is 0.407. The van der Waals surface area contributed by atoms with Gasteiger partial charge in [0, 0.05) is 0 Å². The first-order chi connectivity index (χ1) is 20.5. The standard InChI is InChI=1S/C27H23AsO4.C7H8O3S/c1-18(29)31-23-14-10-21(11-15-23)27(22-12-16-24(17-13-22)32-19(2)30)28-26-9-5-7-20-6-3-4-8-25(20)26;1-6-2-4-7(5-3-6)11(8,9)10/h3-17,27-28H,1-2H3;2-5H,1H3,(H,8,9,10). The molecule has 0 radical (unpaired) electrons. The Labute approximate surface area is 257 Å². The number of hydrogen-bond donors (Lipinski definition) is 1. The molecular weight excluding hydrogens is 627 g/mol. The summed E-state index contributed by atoms with van der Waals surface area (Å²) in [5.41, 5.74) is 3.28. The van der Waals surface area contributed by atoms with Gasteiger partial charge in [-0.2, -0.15) is 8.42 Å². The first kappa shape index (κ1) is 31.7. The fraction of sp³-hybridized carbons (Fsp3) is 0.118. The van der Waals surface area contributed by atoms with Gasteiger partial charge in [0.05, 0.1) is 4.90 Å². The van der Waals surface area contributed by atoms with E-state index in [-0.39, 0.29) is 21.5 Å². The van der Waals surface area contributed by atoms with Gasteiger partial charge >= 0.3 is 194 Å². The molecule has 1 N–H and O–H groups in total. The van der Waals surface area contributed by atoms with Crippen LogP contribution in [-0.2, 0) is 19.7 Å². The van der Waals surface area contributed by atoms with Gasteiger partial charge in [-0.05, 0) is 19.1 Å². The van der Waals surface area contributed by atoms with Gasteiger partial charge in [-0.3, -0.25) is 4.55 Å². The molecule has 0 bridgehead atoms. The molecule has 1 atom stereocenters. The Morgan fingerprint density at radius 2 is 1.16 bits per heavy atom. The third-order valence-corrected chi connectivity index (χ3v) is 10.8. The topological polar surface area (TPSA) is 107 Å². The maximum absolute atomic E-state index is 11.3. The van der Waals surface area contributed by atoms with Crippen LogP contribution in [-0.4, -0.2) is 40.7 Å². The van der Waals surface area contributed by atoms with Gasteiger partial charge in [-0.25, -0.2) is 0 Å². The second kappa shape index (κ2) is 14.3. The molecule has 0 saturated heterocycles. The Hall–Kier alpha value is -4.23. The van der Waals surface area contributed by atoms with Gasteiger partial charge in [-0.1, -0.05) is 17.7 Å². The Morgan fingerprint density at radius 3 is 1.65 bits per heavy atom. The molecule has 0 aliphatic carbocycles. The van der Waals surface area contributed by atoms with Crippen LogP contribution in [0.4, 0.5) is 0 Å². The van der Waals surface area contributed by atoms with Gasteiger partial charge in [-0.15, -0.1) is 0 Å². The zero-order valence-electron chi connectivity index (χ0n) is 23.9. The smallest absolute Gasteiger partial charge is 0.282 e. The molecule has 220 valence electrons. The molecule has 7 nitrogen and oxygen atoms in total. The molecule has 5 rings (SSSR count). The Balaban J connectivity index is 0.000000324. The second-order valence-corrected chi connectivity index (χ2v) is 14.1. The molecule has 0 saturated carbocycles. The van der Waals surface area contributed by atoms with Crippen molar-refractivity contribution in [1.29, 1.82) is 0 Å². The van der Waals surface area contributed by atoms with Gasteiger partial charge in [0.2, 0.25) is 0 Å². The van der Waals surface area contributed by atoms with Gasteiger partial charge < -0.3 is 0 Å². The van der Waals surface area contributed by atoms with E-state index in [9.17, 15) is 18.0 Å². The molecule has 0 aliphatic rings. The van der Waals surface area contributed by atoms with E-state index in [2.05, 4.69) is 42.5 Å². The summed E-state index contributed by atoms with van der Waals surface area (Å²) in [5, 5.41) is 2.52. The summed E-state index contributed by atoms with van der Waals surface area (Å²) in [7, 11) is -4.02.